The number of β-amino-alcohol motifs (C(OH)–C–C–N with tert-alkyl or cyclic N) is 1. The largest absolute Gasteiger partial charge is 0.494 e. The Kier molecular flexibility index (Phi) is 15.1. The van der Waals surface area contributed by atoms with Crippen molar-refractivity contribution in [3.05, 3.63) is 94.9 Å². The van der Waals surface area contributed by atoms with E-state index in [4.69, 9.17) is 4.74 Å². The van der Waals surface area contributed by atoms with Crippen molar-refractivity contribution in [3.8, 4) is 27.4 Å². The monoisotopic (exact) mass is 888 g/mol. The number of amides is 3. The lowest BCUT2D eigenvalue weighted by atomic mass is 9.85. The third kappa shape index (κ3) is 11.3. The molecular weight excluding hydrogens is 829 g/mol. The molecule has 5 aromatic rings. The Morgan fingerprint density at radius 3 is 2.36 bits per heavy atom. The molecule has 13 nitrogen and oxygen atoms in total. The number of carbonyl (C=O) groups excluding carboxylic acids is 3. The number of unbranched alkanes of at least 4 members (excludes halogenated alkanes) is 4. The quantitative estimate of drug-likeness (QED) is 0.0622. The summed E-state index contributed by atoms with van der Waals surface area (Å²) < 4.78 is 6.09. The van der Waals surface area contributed by atoms with E-state index in [1.165, 1.54) is 11.2 Å². The third-order valence-corrected chi connectivity index (χ3v) is 13.5. The Hall–Kier alpha value is -5.73. The van der Waals surface area contributed by atoms with Crippen molar-refractivity contribution in [3.63, 3.8) is 0 Å². The minimum atomic E-state index is -0.901. The molecule has 1 saturated heterocycles. The van der Waals surface area contributed by atoms with Crippen LogP contribution < -0.4 is 15.4 Å². The van der Waals surface area contributed by atoms with Crippen LogP contribution in [-0.4, -0.2) is 85.1 Å². The SMILES string of the molecule is Cc1ncsc1-c1ccc(CNC(=O)[C@@H]2C[C@@H](O)CN2C(=O)[C@@H](NC(=O)CCCCCCCOc2ccc3c(-c4ccc(C(=O)O)c(C5CCCC5)c4)ncnc3c2)C(C)(C)C)cc1. The molecule has 14 heteroatoms. The van der Waals surface area contributed by atoms with Gasteiger partial charge in [0.2, 0.25) is 17.7 Å². The standard InChI is InChI=1S/C50H60N6O7S/c1-31-45(64-30-54-31)34-17-15-32(16-18-34)27-51-47(59)42-25-36(57)28-56(42)48(60)46(50(2,3)4)55-43(58)14-8-6-5-7-11-23-63-37-20-22-39-41(26-37)52-29-53-44(39)35-19-21-38(49(61)62)40(24-35)33-12-9-10-13-33/h15-22,24,26,29-30,33,36,42,46,57H,5-14,23,25,27-28H2,1-4H3,(H,51,59)(H,55,58)(H,61,62)/t36-,42+,46-/m1/s1. The Labute approximate surface area is 379 Å². The topological polar surface area (TPSA) is 184 Å². The predicted molar refractivity (Wildman–Crippen MR) is 248 cm³/mol. The number of carbonyl (C=O) groups is 4. The van der Waals surface area contributed by atoms with Crippen LogP contribution in [0.25, 0.3) is 32.6 Å². The second-order valence-electron chi connectivity index (χ2n) is 18.3. The van der Waals surface area contributed by atoms with E-state index in [1.807, 2.05) is 87.8 Å². The van der Waals surface area contributed by atoms with Crippen LogP contribution in [0.1, 0.15) is 124 Å². The highest BCUT2D eigenvalue weighted by molar-refractivity contribution is 7.13. The molecule has 3 aromatic carbocycles. The highest BCUT2D eigenvalue weighted by atomic mass is 32.1. The fraction of sp³-hybridized carbons (Fsp3) is 0.460. The first kappa shape index (κ1) is 46.3. The molecule has 64 heavy (non-hydrogen) atoms. The van der Waals surface area contributed by atoms with Crippen molar-refractivity contribution >= 4 is 45.9 Å². The van der Waals surface area contributed by atoms with Gasteiger partial charge in [-0.2, -0.15) is 0 Å². The van der Waals surface area contributed by atoms with Gasteiger partial charge in [0.15, 0.2) is 0 Å². The number of hydrogen-bond acceptors (Lipinski definition) is 10. The maximum Gasteiger partial charge on any atom is 0.335 e. The van der Waals surface area contributed by atoms with Crippen LogP contribution in [-0.2, 0) is 20.9 Å². The van der Waals surface area contributed by atoms with Gasteiger partial charge < -0.3 is 30.5 Å². The molecule has 1 aliphatic heterocycles. The van der Waals surface area contributed by atoms with Gasteiger partial charge in [-0.3, -0.25) is 14.4 Å². The number of carboxylic acids is 1. The molecule has 7 rings (SSSR count). The summed E-state index contributed by atoms with van der Waals surface area (Å²) in [5.41, 5.74) is 7.77. The molecule has 4 N–H and O–H groups in total. The zero-order valence-electron chi connectivity index (χ0n) is 37.3. The van der Waals surface area contributed by atoms with E-state index in [1.54, 1.807) is 17.4 Å². The number of likely N-dealkylation sites (tertiary alicyclic amines) is 1. The van der Waals surface area contributed by atoms with Crippen LogP contribution in [0.5, 0.6) is 5.75 Å². The molecule has 0 unspecified atom stereocenters. The molecule has 338 valence electrons. The maximum atomic E-state index is 14.0. The number of aliphatic hydroxyl groups excluding tert-OH is 1. The van der Waals surface area contributed by atoms with Gasteiger partial charge in [-0.05, 0) is 84.9 Å². The lowest BCUT2D eigenvalue weighted by molar-refractivity contribution is -0.144. The second-order valence-corrected chi connectivity index (χ2v) is 19.2. The summed E-state index contributed by atoms with van der Waals surface area (Å²) in [5, 5.41) is 27.2. The summed E-state index contributed by atoms with van der Waals surface area (Å²) in [7, 11) is 0. The zero-order chi connectivity index (χ0) is 45.4. The van der Waals surface area contributed by atoms with Crippen LogP contribution in [0, 0.1) is 12.3 Å². The molecule has 3 heterocycles. The number of benzene rings is 3. The lowest BCUT2D eigenvalue weighted by Gasteiger charge is -2.35. The first-order chi connectivity index (χ1) is 30.8. The molecule has 0 spiro atoms. The Morgan fingerprint density at radius 2 is 1.64 bits per heavy atom. The van der Waals surface area contributed by atoms with Crippen molar-refractivity contribution in [2.45, 2.75) is 129 Å². The van der Waals surface area contributed by atoms with E-state index in [2.05, 4.69) is 25.6 Å². The van der Waals surface area contributed by atoms with E-state index in [0.717, 1.165) is 101 Å². The van der Waals surface area contributed by atoms with E-state index < -0.39 is 29.6 Å². The van der Waals surface area contributed by atoms with Crippen molar-refractivity contribution in [2.75, 3.05) is 13.2 Å². The number of aliphatic hydroxyl groups is 1. The molecule has 1 aliphatic carbocycles. The smallest absolute Gasteiger partial charge is 0.335 e. The maximum absolute atomic E-state index is 14.0. The van der Waals surface area contributed by atoms with E-state index in [9.17, 15) is 29.4 Å². The van der Waals surface area contributed by atoms with Crippen molar-refractivity contribution < 1.29 is 34.1 Å². The third-order valence-electron chi connectivity index (χ3n) is 12.5. The molecule has 2 aromatic heterocycles. The van der Waals surface area contributed by atoms with Crippen LogP contribution in [0.3, 0.4) is 0 Å². The Morgan fingerprint density at radius 1 is 0.906 bits per heavy atom. The van der Waals surface area contributed by atoms with E-state index in [0.29, 0.717) is 24.3 Å². The minimum Gasteiger partial charge on any atom is -0.494 e. The van der Waals surface area contributed by atoms with Crippen LogP contribution in [0.2, 0.25) is 0 Å². The van der Waals surface area contributed by atoms with Crippen LogP contribution >= 0.6 is 11.3 Å². The second kappa shape index (κ2) is 20.8. The number of thiazole rings is 1. The Balaban J connectivity index is 0.839. The number of nitrogens with one attached hydrogen (secondary N) is 2. The number of aromatic nitrogens is 3. The summed E-state index contributed by atoms with van der Waals surface area (Å²) in [4.78, 5) is 68.6. The number of nitrogens with zero attached hydrogens (tertiary/aromatic N) is 4. The number of fused-ring (bicyclic) bond motifs is 1. The van der Waals surface area contributed by atoms with Crippen molar-refractivity contribution in [2.24, 2.45) is 5.41 Å². The molecule has 3 amide bonds. The number of rotatable bonds is 18. The molecule has 2 fully saturated rings. The highest BCUT2D eigenvalue weighted by Gasteiger charge is 2.44. The first-order valence-electron chi connectivity index (χ1n) is 22.6. The highest BCUT2D eigenvalue weighted by Crippen LogP contribution is 2.39. The van der Waals surface area contributed by atoms with Gasteiger partial charge in [-0.1, -0.05) is 83.2 Å². The van der Waals surface area contributed by atoms with Gasteiger partial charge in [0.25, 0.3) is 0 Å². The van der Waals surface area contributed by atoms with Crippen molar-refractivity contribution in [1.82, 2.24) is 30.5 Å². The van der Waals surface area contributed by atoms with Crippen LogP contribution in [0.4, 0.5) is 0 Å². The molecular formula is C50H60N6O7S. The van der Waals surface area contributed by atoms with Gasteiger partial charge in [-0.15, -0.1) is 11.3 Å². The number of hydrogen-bond donors (Lipinski definition) is 4. The van der Waals surface area contributed by atoms with Gasteiger partial charge in [0.1, 0.15) is 24.2 Å². The summed E-state index contributed by atoms with van der Waals surface area (Å²) in [6, 6.07) is 17.5. The normalized spacial score (nSPS) is 17.1. The number of ether oxygens (including phenoxy) is 1. The van der Waals surface area contributed by atoms with Gasteiger partial charge in [-0.25, -0.2) is 19.7 Å². The average molecular weight is 889 g/mol. The molecule has 0 bridgehead atoms. The molecule has 2 aliphatic rings. The van der Waals surface area contributed by atoms with Gasteiger partial charge >= 0.3 is 5.97 Å². The zero-order valence-corrected chi connectivity index (χ0v) is 38.1. The minimum absolute atomic E-state index is 0.0234. The average Bonchev–Trinajstić information content (AvgIpc) is 4.07. The van der Waals surface area contributed by atoms with Gasteiger partial charge in [0, 0.05) is 42.9 Å². The fourth-order valence-electron chi connectivity index (χ4n) is 8.96. The number of carboxylic acid groups (broad SMARTS) is 1. The van der Waals surface area contributed by atoms with Gasteiger partial charge in [0.05, 0.1) is 45.6 Å². The molecule has 3 atom stereocenters. The molecule has 1 saturated carbocycles. The number of aromatic carboxylic acids is 1. The predicted octanol–water partition coefficient (Wildman–Crippen LogP) is 8.61. The van der Waals surface area contributed by atoms with Crippen LogP contribution in [0.15, 0.2) is 72.5 Å². The van der Waals surface area contributed by atoms with E-state index >= 15 is 0 Å². The van der Waals surface area contributed by atoms with Crippen molar-refractivity contribution in [1.29, 1.82) is 0 Å². The fourth-order valence-corrected chi connectivity index (χ4v) is 9.77. The Bertz CT molecular complexity index is 2440. The number of aryl methyl sites for hydroxylation is 1. The lowest BCUT2D eigenvalue weighted by Crippen LogP contribution is -2.57. The van der Waals surface area contributed by atoms with E-state index in [-0.39, 0.29) is 49.6 Å². The summed E-state index contributed by atoms with van der Waals surface area (Å²) in [6.45, 7) is 8.46. The summed E-state index contributed by atoms with van der Waals surface area (Å²) >= 11 is 1.58. The molecule has 0 radical (unpaired) electrons. The summed E-state index contributed by atoms with van der Waals surface area (Å²) in [5.74, 6) is -0.872. The summed E-state index contributed by atoms with van der Waals surface area (Å²) in [6.07, 6.45) is 9.54. The first-order valence-corrected chi connectivity index (χ1v) is 23.4.